The standard InChI is InChI=1S/C15H21IN2O3/c1-11(6-7-15(20)21)8-9-17-10-14(19)18-13-5-3-2-4-12(13)16/h2-5,11,17H,6-10H2,1H3,(H,18,19)(H,20,21). The Hall–Kier alpha value is -1.15. The first-order valence-corrected chi connectivity index (χ1v) is 8.03. The summed E-state index contributed by atoms with van der Waals surface area (Å²) < 4.78 is 1.01. The highest BCUT2D eigenvalue weighted by Crippen LogP contribution is 2.16. The van der Waals surface area contributed by atoms with Crippen LogP contribution in [0.1, 0.15) is 26.2 Å². The monoisotopic (exact) mass is 404 g/mol. The Morgan fingerprint density at radius 2 is 2.00 bits per heavy atom. The van der Waals surface area contributed by atoms with Gasteiger partial charge in [0.2, 0.25) is 5.91 Å². The maximum Gasteiger partial charge on any atom is 0.303 e. The fraction of sp³-hybridized carbons (Fsp3) is 0.467. The summed E-state index contributed by atoms with van der Waals surface area (Å²) in [5.74, 6) is -0.490. The van der Waals surface area contributed by atoms with E-state index in [4.69, 9.17) is 5.11 Å². The molecule has 1 aromatic carbocycles. The number of para-hydroxylation sites is 1. The van der Waals surface area contributed by atoms with Crippen molar-refractivity contribution in [1.82, 2.24) is 5.32 Å². The minimum Gasteiger partial charge on any atom is -0.481 e. The highest BCUT2D eigenvalue weighted by molar-refractivity contribution is 14.1. The molecular formula is C15H21IN2O3. The van der Waals surface area contributed by atoms with Gasteiger partial charge in [-0.3, -0.25) is 9.59 Å². The molecule has 6 heteroatoms. The molecule has 0 aromatic heterocycles. The van der Waals surface area contributed by atoms with Gasteiger partial charge < -0.3 is 15.7 Å². The van der Waals surface area contributed by atoms with Crippen LogP contribution in [0.15, 0.2) is 24.3 Å². The van der Waals surface area contributed by atoms with Crippen molar-refractivity contribution in [2.24, 2.45) is 5.92 Å². The molecule has 0 aliphatic carbocycles. The number of rotatable bonds is 9. The zero-order valence-corrected chi connectivity index (χ0v) is 14.2. The lowest BCUT2D eigenvalue weighted by atomic mass is 10.0. The minimum absolute atomic E-state index is 0.0719. The van der Waals surface area contributed by atoms with Gasteiger partial charge in [0.25, 0.3) is 0 Å². The van der Waals surface area contributed by atoms with Gasteiger partial charge in [0.05, 0.1) is 12.2 Å². The second-order valence-corrected chi connectivity index (χ2v) is 6.19. The molecule has 1 atom stereocenters. The highest BCUT2D eigenvalue weighted by atomic mass is 127. The molecule has 1 rings (SSSR count). The van der Waals surface area contributed by atoms with Gasteiger partial charge >= 0.3 is 5.97 Å². The first kappa shape index (κ1) is 17.9. The quantitative estimate of drug-likeness (QED) is 0.437. The first-order valence-electron chi connectivity index (χ1n) is 6.96. The number of nitrogens with one attached hydrogen (secondary N) is 2. The van der Waals surface area contributed by atoms with E-state index in [0.717, 1.165) is 15.7 Å². The van der Waals surface area contributed by atoms with E-state index in [0.29, 0.717) is 18.9 Å². The van der Waals surface area contributed by atoms with E-state index in [2.05, 4.69) is 33.2 Å². The predicted molar refractivity (Wildman–Crippen MR) is 91.3 cm³/mol. The molecule has 0 saturated carbocycles. The number of anilines is 1. The SMILES string of the molecule is CC(CCNCC(=O)Nc1ccccc1I)CCC(=O)O. The predicted octanol–water partition coefficient (Wildman–Crippen LogP) is 2.71. The van der Waals surface area contributed by atoms with E-state index < -0.39 is 5.97 Å². The van der Waals surface area contributed by atoms with Crippen molar-refractivity contribution in [2.45, 2.75) is 26.2 Å². The molecule has 0 aliphatic rings. The molecular weight excluding hydrogens is 383 g/mol. The Labute approximate surface area is 138 Å². The van der Waals surface area contributed by atoms with Crippen LogP contribution in [0.3, 0.4) is 0 Å². The number of amides is 1. The van der Waals surface area contributed by atoms with E-state index >= 15 is 0 Å². The molecule has 1 amide bonds. The number of carboxylic acids is 1. The average molecular weight is 404 g/mol. The summed E-state index contributed by atoms with van der Waals surface area (Å²) in [7, 11) is 0. The van der Waals surface area contributed by atoms with Gasteiger partial charge in [0.1, 0.15) is 0 Å². The van der Waals surface area contributed by atoms with E-state index in [1.54, 1.807) is 0 Å². The van der Waals surface area contributed by atoms with Crippen LogP contribution >= 0.6 is 22.6 Å². The van der Waals surface area contributed by atoms with Crippen LogP contribution in [0.4, 0.5) is 5.69 Å². The second kappa shape index (κ2) is 9.73. The van der Waals surface area contributed by atoms with Gasteiger partial charge in [0.15, 0.2) is 0 Å². The topological polar surface area (TPSA) is 78.4 Å². The Balaban J connectivity index is 2.16. The Morgan fingerprint density at radius 3 is 2.67 bits per heavy atom. The third-order valence-corrected chi connectivity index (χ3v) is 4.04. The summed E-state index contributed by atoms with van der Waals surface area (Å²) in [5.41, 5.74) is 0.819. The number of hydrogen-bond acceptors (Lipinski definition) is 3. The van der Waals surface area contributed by atoms with Gasteiger partial charge in [-0.1, -0.05) is 19.1 Å². The molecule has 1 unspecified atom stereocenters. The first-order chi connectivity index (χ1) is 9.99. The number of carbonyl (C=O) groups is 2. The lowest BCUT2D eigenvalue weighted by Crippen LogP contribution is -2.29. The van der Waals surface area contributed by atoms with Gasteiger partial charge in [-0.05, 0) is 60.0 Å². The Kier molecular flexibility index (Phi) is 8.29. The van der Waals surface area contributed by atoms with Crippen LogP contribution in [0, 0.1) is 9.49 Å². The zero-order chi connectivity index (χ0) is 15.7. The molecule has 3 N–H and O–H groups in total. The summed E-state index contributed by atoms with van der Waals surface area (Å²) in [4.78, 5) is 22.2. The molecule has 116 valence electrons. The van der Waals surface area contributed by atoms with Crippen LogP contribution in [-0.2, 0) is 9.59 Å². The average Bonchev–Trinajstić information content (AvgIpc) is 2.44. The number of aliphatic carboxylic acids is 1. The van der Waals surface area contributed by atoms with Crippen molar-refractivity contribution in [1.29, 1.82) is 0 Å². The third-order valence-electron chi connectivity index (χ3n) is 3.10. The van der Waals surface area contributed by atoms with Gasteiger partial charge in [0, 0.05) is 9.99 Å². The number of carbonyl (C=O) groups excluding carboxylic acids is 1. The summed E-state index contributed by atoms with van der Waals surface area (Å²) >= 11 is 2.18. The van der Waals surface area contributed by atoms with Crippen molar-refractivity contribution in [3.05, 3.63) is 27.8 Å². The van der Waals surface area contributed by atoms with Crippen molar-refractivity contribution in [3.63, 3.8) is 0 Å². The Morgan fingerprint density at radius 1 is 1.29 bits per heavy atom. The molecule has 1 aromatic rings. The van der Waals surface area contributed by atoms with Crippen molar-refractivity contribution < 1.29 is 14.7 Å². The summed E-state index contributed by atoms with van der Waals surface area (Å²) in [5, 5.41) is 14.5. The number of halogens is 1. The van der Waals surface area contributed by atoms with Crippen molar-refractivity contribution in [3.8, 4) is 0 Å². The van der Waals surface area contributed by atoms with Gasteiger partial charge in [-0.2, -0.15) is 0 Å². The Bertz CT molecular complexity index is 480. The van der Waals surface area contributed by atoms with Crippen LogP contribution in [0.5, 0.6) is 0 Å². The fourth-order valence-electron chi connectivity index (χ4n) is 1.82. The molecule has 0 saturated heterocycles. The molecule has 0 spiro atoms. The normalized spacial score (nSPS) is 11.9. The van der Waals surface area contributed by atoms with Gasteiger partial charge in [-0.25, -0.2) is 0 Å². The molecule has 0 heterocycles. The van der Waals surface area contributed by atoms with E-state index in [1.165, 1.54) is 0 Å². The van der Waals surface area contributed by atoms with E-state index in [-0.39, 0.29) is 18.9 Å². The molecule has 0 aliphatic heterocycles. The van der Waals surface area contributed by atoms with Crippen LogP contribution in [0.25, 0.3) is 0 Å². The van der Waals surface area contributed by atoms with Crippen LogP contribution < -0.4 is 10.6 Å². The molecule has 0 fully saturated rings. The summed E-state index contributed by atoms with van der Waals surface area (Å²) in [6.45, 7) is 2.99. The summed E-state index contributed by atoms with van der Waals surface area (Å²) in [6.07, 6.45) is 1.74. The highest BCUT2D eigenvalue weighted by Gasteiger charge is 2.07. The third kappa shape index (κ3) is 8.01. The fourth-order valence-corrected chi connectivity index (χ4v) is 2.34. The number of carboxylic acid groups (broad SMARTS) is 1. The van der Waals surface area contributed by atoms with Crippen LogP contribution in [0.2, 0.25) is 0 Å². The number of benzene rings is 1. The maximum atomic E-state index is 11.8. The summed E-state index contributed by atoms with van der Waals surface area (Å²) in [6, 6.07) is 7.62. The van der Waals surface area contributed by atoms with Crippen LogP contribution in [-0.4, -0.2) is 30.1 Å². The molecule has 0 bridgehead atoms. The molecule has 21 heavy (non-hydrogen) atoms. The maximum absolute atomic E-state index is 11.8. The lowest BCUT2D eigenvalue weighted by Gasteiger charge is -2.11. The minimum atomic E-state index is -0.758. The lowest BCUT2D eigenvalue weighted by molar-refractivity contribution is -0.137. The smallest absolute Gasteiger partial charge is 0.303 e. The second-order valence-electron chi connectivity index (χ2n) is 5.03. The van der Waals surface area contributed by atoms with Crippen molar-refractivity contribution in [2.75, 3.05) is 18.4 Å². The van der Waals surface area contributed by atoms with Gasteiger partial charge in [-0.15, -0.1) is 0 Å². The van der Waals surface area contributed by atoms with E-state index in [1.807, 2.05) is 31.2 Å². The largest absolute Gasteiger partial charge is 0.481 e. The van der Waals surface area contributed by atoms with E-state index in [9.17, 15) is 9.59 Å². The number of hydrogen-bond donors (Lipinski definition) is 3. The molecule has 0 radical (unpaired) electrons. The van der Waals surface area contributed by atoms with Crippen molar-refractivity contribution >= 4 is 40.2 Å². The zero-order valence-electron chi connectivity index (χ0n) is 12.1. The molecule has 5 nitrogen and oxygen atoms in total.